The number of Topliss-reactive ketones (excluding diaryl/α,β-unsaturated/α-hetero) is 1. The average molecular weight is 369 g/mol. The smallest absolute Gasteiger partial charge is 0.340 e. The van der Waals surface area contributed by atoms with Crippen LogP contribution in [0.15, 0.2) is 35.2 Å². The Labute approximate surface area is 144 Å². The van der Waals surface area contributed by atoms with Gasteiger partial charge in [0.15, 0.2) is 11.5 Å². The molecule has 1 atom stereocenters. The van der Waals surface area contributed by atoms with Crippen LogP contribution in [-0.4, -0.2) is 14.2 Å². The van der Waals surface area contributed by atoms with Gasteiger partial charge in [0, 0.05) is 6.42 Å². The van der Waals surface area contributed by atoms with Crippen LogP contribution in [0.2, 0.25) is 5.02 Å². The Hall–Kier alpha value is -1.92. The molecule has 0 N–H and O–H groups in total. The maximum Gasteiger partial charge on any atom is 0.340 e. The van der Waals surface area contributed by atoms with Crippen molar-refractivity contribution < 1.29 is 21.8 Å². The zero-order chi connectivity index (χ0) is 17.6. The van der Waals surface area contributed by atoms with Gasteiger partial charge in [-0.25, -0.2) is 4.39 Å². The lowest BCUT2D eigenvalue weighted by Gasteiger charge is -2.13. The Bertz CT molecular complexity index is 953. The number of hydrogen-bond donors (Lipinski definition) is 0. The summed E-state index contributed by atoms with van der Waals surface area (Å²) in [4.78, 5) is 11.9. The number of aryl methyl sites for hydroxylation is 1. The van der Waals surface area contributed by atoms with E-state index in [4.69, 9.17) is 15.8 Å². The topological polar surface area (TPSA) is 60.4 Å². The lowest BCUT2D eigenvalue weighted by Crippen LogP contribution is -2.13. The molecule has 126 valence electrons. The van der Waals surface area contributed by atoms with E-state index >= 15 is 0 Å². The third kappa shape index (κ3) is 2.80. The maximum atomic E-state index is 13.1. The molecule has 0 amide bonds. The van der Waals surface area contributed by atoms with Gasteiger partial charge in [-0.05, 0) is 48.2 Å². The molecular formula is C17H14ClFO4S. The van der Waals surface area contributed by atoms with E-state index < -0.39 is 15.9 Å². The minimum Gasteiger partial charge on any atom is -0.378 e. The lowest BCUT2D eigenvalue weighted by atomic mass is 9.98. The fourth-order valence-electron chi connectivity index (χ4n) is 3.02. The zero-order valence-electron chi connectivity index (χ0n) is 13.0. The molecule has 4 nitrogen and oxygen atoms in total. The van der Waals surface area contributed by atoms with E-state index in [0.717, 1.165) is 29.3 Å². The highest BCUT2D eigenvalue weighted by atomic mass is 35.5. The second-order valence-corrected chi connectivity index (χ2v) is 7.73. The molecule has 2 aromatic carbocycles. The Morgan fingerprint density at radius 2 is 1.96 bits per heavy atom. The molecular weight excluding hydrogens is 355 g/mol. The third-order valence-corrected chi connectivity index (χ3v) is 5.77. The van der Waals surface area contributed by atoms with Gasteiger partial charge in [0.2, 0.25) is 0 Å². The quantitative estimate of drug-likeness (QED) is 0.760. The van der Waals surface area contributed by atoms with Crippen LogP contribution in [0.1, 0.15) is 40.7 Å². The first-order chi connectivity index (χ1) is 11.2. The van der Waals surface area contributed by atoms with Gasteiger partial charge in [-0.2, -0.15) is 8.42 Å². The SMILES string of the molecule is Cc1ccc(OS(=O)(=O)c2ccc(F)cc2Cl)c2c1[C@@H](C)CC2=O. The van der Waals surface area contributed by atoms with Crippen molar-refractivity contribution in [1.29, 1.82) is 0 Å². The van der Waals surface area contributed by atoms with Crippen molar-refractivity contribution in [2.45, 2.75) is 31.1 Å². The summed E-state index contributed by atoms with van der Waals surface area (Å²) in [5.41, 5.74) is 2.01. The molecule has 0 unspecified atom stereocenters. The van der Waals surface area contributed by atoms with E-state index in [1.54, 1.807) is 6.07 Å². The fourth-order valence-corrected chi connectivity index (χ4v) is 4.47. The maximum absolute atomic E-state index is 13.1. The molecule has 1 aliphatic rings. The Kier molecular flexibility index (Phi) is 4.13. The second kappa shape index (κ2) is 5.86. The van der Waals surface area contributed by atoms with Crippen LogP contribution in [0.3, 0.4) is 0 Å². The van der Waals surface area contributed by atoms with Crippen molar-refractivity contribution in [2.24, 2.45) is 0 Å². The van der Waals surface area contributed by atoms with Crippen molar-refractivity contribution in [3.8, 4) is 5.75 Å². The highest BCUT2D eigenvalue weighted by molar-refractivity contribution is 7.87. The minimum absolute atomic E-state index is 0.00756. The predicted octanol–water partition coefficient (Wildman–Crippen LogP) is 4.25. The summed E-state index contributed by atoms with van der Waals surface area (Å²) in [6.07, 6.45) is 0.313. The number of rotatable bonds is 3. The molecule has 0 aromatic heterocycles. The first-order valence-electron chi connectivity index (χ1n) is 7.27. The molecule has 24 heavy (non-hydrogen) atoms. The molecule has 1 aliphatic carbocycles. The Morgan fingerprint density at radius 3 is 2.62 bits per heavy atom. The van der Waals surface area contributed by atoms with Crippen molar-refractivity contribution in [2.75, 3.05) is 0 Å². The largest absolute Gasteiger partial charge is 0.378 e. The molecule has 0 saturated heterocycles. The average Bonchev–Trinajstić information content (AvgIpc) is 2.77. The monoisotopic (exact) mass is 368 g/mol. The molecule has 0 saturated carbocycles. The normalized spacial score (nSPS) is 17.0. The summed E-state index contributed by atoms with van der Waals surface area (Å²) >= 11 is 5.81. The summed E-state index contributed by atoms with van der Waals surface area (Å²) in [5, 5.41) is -0.279. The van der Waals surface area contributed by atoms with Crippen LogP contribution in [0.4, 0.5) is 4.39 Å². The first-order valence-corrected chi connectivity index (χ1v) is 9.05. The van der Waals surface area contributed by atoms with Gasteiger partial charge in [0.05, 0.1) is 10.6 Å². The van der Waals surface area contributed by atoms with Crippen LogP contribution in [0, 0.1) is 12.7 Å². The van der Waals surface area contributed by atoms with E-state index in [-0.39, 0.29) is 27.4 Å². The minimum atomic E-state index is -4.29. The fraction of sp³-hybridized carbons (Fsp3) is 0.235. The van der Waals surface area contributed by atoms with Crippen molar-refractivity contribution in [3.63, 3.8) is 0 Å². The summed E-state index contributed by atoms with van der Waals surface area (Å²) in [6, 6.07) is 6.08. The van der Waals surface area contributed by atoms with Gasteiger partial charge >= 0.3 is 10.1 Å². The number of halogens is 2. The van der Waals surface area contributed by atoms with Gasteiger partial charge in [-0.3, -0.25) is 4.79 Å². The molecule has 3 rings (SSSR count). The van der Waals surface area contributed by atoms with E-state index in [1.807, 2.05) is 13.8 Å². The van der Waals surface area contributed by atoms with Crippen LogP contribution >= 0.6 is 11.6 Å². The number of fused-ring (bicyclic) bond motifs is 1. The molecule has 0 aliphatic heterocycles. The van der Waals surface area contributed by atoms with Gasteiger partial charge in [-0.1, -0.05) is 24.6 Å². The highest BCUT2D eigenvalue weighted by Crippen LogP contribution is 2.41. The summed E-state index contributed by atoms with van der Waals surface area (Å²) in [7, 11) is -4.29. The molecule has 0 fully saturated rings. The lowest BCUT2D eigenvalue weighted by molar-refractivity contribution is 0.0989. The Balaban J connectivity index is 2.08. The molecule has 0 radical (unpaired) electrons. The van der Waals surface area contributed by atoms with Crippen LogP contribution in [0.25, 0.3) is 0 Å². The number of ketones is 1. The third-order valence-electron chi connectivity index (χ3n) is 4.05. The number of hydrogen-bond acceptors (Lipinski definition) is 4. The van der Waals surface area contributed by atoms with E-state index in [1.165, 1.54) is 6.07 Å². The van der Waals surface area contributed by atoms with Gasteiger partial charge in [-0.15, -0.1) is 0 Å². The van der Waals surface area contributed by atoms with Crippen LogP contribution in [0.5, 0.6) is 5.75 Å². The molecule has 7 heteroatoms. The zero-order valence-corrected chi connectivity index (χ0v) is 14.5. The van der Waals surface area contributed by atoms with E-state index in [2.05, 4.69) is 0 Å². The van der Waals surface area contributed by atoms with Crippen LogP contribution in [-0.2, 0) is 10.1 Å². The molecule has 0 spiro atoms. The summed E-state index contributed by atoms with van der Waals surface area (Å²) in [5.74, 6) is -0.825. The van der Waals surface area contributed by atoms with Gasteiger partial charge in [0.1, 0.15) is 10.7 Å². The molecule has 0 heterocycles. The van der Waals surface area contributed by atoms with E-state index in [0.29, 0.717) is 12.0 Å². The van der Waals surface area contributed by atoms with Crippen molar-refractivity contribution >= 4 is 27.5 Å². The van der Waals surface area contributed by atoms with Crippen LogP contribution < -0.4 is 4.18 Å². The predicted molar refractivity (Wildman–Crippen MR) is 87.8 cm³/mol. The molecule has 2 aromatic rings. The highest BCUT2D eigenvalue weighted by Gasteiger charge is 2.33. The summed E-state index contributed by atoms with van der Waals surface area (Å²) in [6.45, 7) is 3.77. The van der Waals surface area contributed by atoms with Gasteiger partial charge < -0.3 is 4.18 Å². The second-order valence-electron chi connectivity index (χ2n) is 5.81. The van der Waals surface area contributed by atoms with E-state index in [9.17, 15) is 17.6 Å². The standard InChI is InChI=1S/C17H14ClFO4S/c1-9-3-5-14(17-13(20)7-10(2)16(9)17)23-24(21,22)15-6-4-11(19)8-12(15)18/h3-6,8,10H,7H2,1-2H3/t10-/m0/s1. The Morgan fingerprint density at radius 1 is 1.25 bits per heavy atom. The summed E-state index contributed by atoms with van der Waals surface area (Å²) < 4.78 is 43.2. The van der Waals surface area contributed by atoms with Crippen molar-refractivity contribution in [1.82, 2.24) is 0 Å². The first kappa shape index (κ1) is 16.9. The number of carbonyl (C=O) groups is 1. The molecule has 0 bridgehead atoms. The van der Waals surface area contributed by atoms with Gasteiger partial charge in [0.25, 0.3) is 0 Å². The van der Waals surface area contributed by atoms with Crippen molar-refractivity contribution in [3.05, 3.63) is 57.9 Å². The number of carbonyl (C=O) groups excluding carboxylic acids is 1. The number of benzene rings is 2.